The van der Waals surface area contributed by atoms with Crippen LogP contribution in [0.1, 0.15) is 35.0 Å². The summed E-state index contributed by atoms with van der Waals surface area (Å²) >= 11 is 0. The Morgan fingerprint density at radius 1 is 1.22 bits per heavy atom. The molecule has 8 heteroatoms. The van der Waals surface area contributed by atoms with Crippen molar-refractivity contribution in [1.29, 1.82) is 0 Å². The van der Waals surface area contributed by atoms with E-state index < -0.39 is 12.0 Å². The van der Waals surface area contributed by atoms with E-state index in [4.69, 9.17) is 9.47 Å². The molecular formula is C19H25N3O5. The number of aromatic nitrogens is 2. The van der Waals surface area contributed by atoms with Crippen molar-refractivity contribution in [1.82, 2.24) is 15.1 Å². The van der Waals surface area contributed by atoms with Gasteiger partial charge in [0.15, 0.2) is 11.5 Å². The number of hydrogen-bond acceptors (Lipinski definition) is 5. The number of aryl methyl sites for hydroxylation is 2. The lowest BCUT2D eigenvalue weighted by Crippen LogP contribution is -2.31. The van der Waals surface area contributed by atoms with Crippen LogP contribution in [0, 0.1) is 13.8 Å². The Balaban J connectivity index is 2.24. The number of carbonyl (C=O) groups excluding carboxylic acids is 1. The minimum absolute atomic E-state index is 0.134. The number of nitrogens with zero attached hydrogens (tertiary/aromatic N) is 2. The van der Waals surface area contributed by atoms with E-state index in [-0.39, 0.29) is 18.7 Å². The maximum absolute atomic E-state index is 12.6. The van der Waals surface area contributed by atoms with Crippen LogP contribution in [0.3, 0.4) is 0 Å². The van der Waals surface area contributed by atoms with Gasteiger partial charge in [-0.15, -0.1) is 0 Å². The second kappa shape index (κ2) is 8.57. The summed E-state index contributed by atoms with van der Waals surface area (Å²) in [6.07, 6.45) is -0.110. The van der Waals surface area contributed by atoms with Crippen LogP contribution >= 0.6 is 0 Å². The fourth-order valence-corrected chi connectivity index (χ4v) is 2.98. The molecule has 1 unspecified atom stereocenters. The van der Waals surface area contributed by atoms with Gasteiger partial charge in [0.05, 0.1) is 38.8 Å². The highest BCUT2D eigenvalue weighted by Crippen LogP contribution is 2.31. The zero-order valence-electron chi connectivity index (χ0n) is 16.2. The van der Waals surface area contributed by atoms with Gasteiger partial charge in [0, 0.05) is 18.3 Å². The van der Waals surface area contributed by atoms with E-state index in [9.17, 15) is 14.7 Å². The van der Waals surface area contributed by atoms with Crippen molar-refractivity contribution in [3.05, 3.63) is 40.7 Å². The Morgan fingerprint density at radius 3 is 2.41 bits per heavy atom. The van der Waals surface area contributed by atoms with Crippen LogP contribution in [0.4, 0.5) is 0 Å². The van der Waals surface area contributed by atoms with Gasteiger partial charge in [-0.2, -0.15) is 5.10 Å². The van der Waals surface area contributed by atoms with E-state index >= 15 is 0 Å². The standard InChI is InChI=1S/C19H25N3O5/c1-11-14(12(2)22(3)21-11)9-18(23)20-15(10-19(24)25)13-6-7-16(26-4)17(8-13)27-5/h6-8,15H,9-10H2,1-5H3,(H,20,23)(H,24,25). The zero-order chi connectivity index (χ0) is 20.1. The monoisotopic (exact) mass is 375 g/mol. The van der Waals surface area contributed by atoms with Crippen molar-refractivity contribution >= 4 is 11.9 Å². The molecule has 0 saturated carbocycles. The summed E-state index contributed by atoms with van der Waals surface area (Å²) in [7, 11) is 4.84. The molecule has 0 aliphatic rings. The third-order valence-corrected chi connectivity index (χ3v) is 4.52. The molecule has 2 N–H and O–H groups in total. The van der Waals surface area contributed by atoms with Crippen LogP contribution in [0.2, 0.25) is 0 Å². The molecule has 1 atom stereocenters. The SMILES string of the molecule is COc1ccc(C(CC(=O)O)NC(=O)Cc2c(C)nn(C)c2C)cc1OC. The van der Waals surface area contributed by atoms with E-state index in [1.165, 1.54) is 14.2 Å². The molecule has 1 heterocycles. The van der Waals surface area contributed by atoms with E-state index in [0.717, 1.165) is 17.0 Å². The maximum Gasteiger partial charge on any atom is 0.305 e. The fourth-order valence-electron chi connectivity index (χ4n) is 2.98. The number of methoxy groups -OCH3 is 2. The van der Waals surface area contributed by atoms with E-state index in [1.54, 1.807) is 22.9 Å². The molecule has 1 aromatic heterocycles. The molecule has 1 amide bonds. The van der Waals surface area contributed by atoms with Gasteiger partial charge in [0.25, 0.3) is 0 Å². The smallest absolute Gasteiger partial charge is 0.305 e. The molecule has 0 radical (unpaired) electrons. The zero-order valence-corrected chi connectivity index (χ0v) is 16.2. The molecule has 8 nitrogen and oxygen atoms in total. The molecule has 0 saturated heterocycles. The first kappa shape index (κ1) is 20.3. The van der Waals surface area contributed by atoms with Crippen molar-refractivity contribution < 1.29 is 24.2 Å². The van der Waals surface area contributed by atoms with Crippen molar-refractivity contribution in [2.45, 2.75) is 32.7 Å². The number of carboxylic acid groups (broad SMARTS) is 1. The van der Waals surface area contributed by atoms with Crippen molar-refractivity contribution in [3.8, 4) is 11.5 Å². The lowest BCUT2D eigenvalue weighted by molar-refractivity contribution is -0.137. The predicted octanol–water partition coefficient (Wildman–Crippen LogP) is 1.93. The second-order valence-corrected chi connectivity index (χ2v) is 6.28. The number of aliphatic carboxylic acids is 1. The third-order valence-electron chi connectivity index (χ3n) is 4.52. The highest BCUT2D eigenvalue weighted by Gasteiger charge is 2.21. The van der Waals surface area contributed by atoms with Crippen LogP contribution in [-0.2, 0) is 23.1 Å². The number of benzene rings is 1. The number of carboxylic acids is 1. The van der Waals surface area contributed by atoms with Gasteiger partial charge < -0.3 is 19.9 Å². The fraction of sp³-hybridized carbons (Fsp3) is 0.421. The van der Waals surface area contributed by atoms with Gasteiger partial charge in [0.2, 0.25) is 5.91 Å². The van der Waals surface area contributed by atoms with Gasteiger partial charge in [-0.1, -0.05) is 6.07 Å². The minimum atomic E-state index is -1.01. The molecule has 27 heavy (non-hydrogen) atoms. The highest BCUT2D eigenvalue weighted by atomic mass is 16.5. The summed E-state index contributed by atoms with van der Waals surface area (Å²) in [5.74, 6) is -0.277. The number of hydrogen-bond donors (Lipinski definition) is 2. The molecule has 0 aliphatic carbocycles. The summed E-state index contributed by atoms with van der Waals surface area (Å²) in [5.41, 5.74) is 3.16. The molecule has 146 valence electrons. The quantitative estimate of drug-likeness (QED) is 0.731. The van der Waals surface area contributed by atoms with Gasteiger partial charge in [0.1, 0.15) is 0 Å². The first-order chi connectivity index (χ1) is 12.8. The summed E-state index contributed by atoms with van der Waals surface area (Å²) < 4.78 is 12.2. The largest absolute Gasteiger partial charge is 0.493 e. The summed E-state index contributed by atoms with van der Waals surface area (Å²) in [6.45, 7) is 3.74. The summed E-state index contributed by atoms with van der Waals surface area (Å²) in [4.78, 5) is 23.9. The molecular weight excluding hydrogens is 350 g/mol. The molecule has 0 aliphatic heterocycles. The Hall–Kier alpha value is -3.03. The van der Waals surface area contributed by atoms with Gasteiger partial charge >= 0.3 is 5.97 Å². The predicted molar refractivity (Wildman–Crippen MR) is 99.1 cm³/mol. The lowest BCUT2D eigenvalue weighted by atomic mass is 10.0. The molecule has 0 bridgehead atoms. The average molecular weight is 375 g/mol. The Morgan fingerprint density at radius 2 is 1.89 bits per heavy atom. The molecule has 1 aromatic carbocycles. The van der Waals surface area contributed by atoms with Crippen LogP contribution < -0.4 is 14.8 Å². The van der Waals surface area contributed by atoms with Crippen LogP contribution in [-0.4, -0.2) is 41.0 Å². The molecule has 2 rings (SSSR count). The molecule has 0 spiro atoms. The van der Waals surface area contributed by atoms with Gasteiger partial charge in [-0.05, 0) is 31.5 Å². The van der Waals surface area contributed by atoms with Gasteiger partial charge in [-0.25, -0.2) is 0 Å². The van der Waals surface area contributed by atoms with E-state index in [2.05, 4.69) is 10.4 Å². The average Bonchev–Trinajstić information content (AvgIpc) is 2.86. The Bertz CT molecular complexity index is 844. The lowest BCUT2D eigenvalue weighted by Gasteiger charge is -2.19. The summed E-state index contributed by atoms with van der Waals surface area (Å²) in [6, 6.07) is 4.39. The summed E-state index contributed by atoms with van der Waals surface area (Å²) in [5, 5.41) is 16.4. The number of carbonyl (C=O) groups is 2. The molecule has 0 fully saturated rings. The van der Waals surface area contributed by atoms with Crippen molar-refractivity contribution in [2.75, 3.05) is 14.2 Å². The third kappa shape index (κ3) is 4.78. The molecule has 2 aromatic rings. The van der Waals surface area contributed by atoms with Crippen LogP contribution in [0.15, 0.2) is 18.2 Å². The van der Waals surface area contributed by atoms with Crippen LogP contribution in [0.5, 0.6) is 11.5 Å². The first-order valence-electron chi connectivity index (χ1n) is 8.49. The maximum atomic E-state index is 12.6. The second-order valence-electron chi connectivity index (χ2n) is 6.28. The van der Waals surface area contributed by atoms with Gasteiger partial charge in [-0.3, -0.25) is 14.3 Å². The number of amides is 1. The van der Waals surface area contributed by atoms with Crippen molar-refractivity contribution in [2.24, 2.45) is 7.05 Å². The minimum Gasteiger partial charge on any atom is -0.493 e. The number of ether oxygens (including phenoxy) is 2. The first-order valence-corrected chi connectivity index (χ1v) is 8.49. The number of nitrogens with one attached hydrogen (secondary N) is 1. The van der Waals surface area contributed by atoms with Crippen LogP contribution in [0.25, 0.3) is 0 Å². The van der Waals surface area contributed by atoms with Crippen molar-refractivity contribution in [3.63, 3.8) is 0 Å². The number of rotatable bonds is 8. The normalized spacial score (nSPS) is 11.7. The highest BCUT2D eigenvalue weighted by molar-refractivity contribution is 5.80. The Labute approximate surface area is 158 Å². The topological polar surface area (TPSA) is 103 Å². The Kier molecular flexibility index (Phi) is 6.44. The van der Waals surface area contributed by atoms with E-state index in [0.29, 0.717) is 17.1 Å². The van der Waals surface area contributed by atoms with E-state index in [1.807, 2.05) is 20.9 Å².